The average molecular weight is 392 g/mol. The molecule has 0 saturated carbocycles. The fraction of sp³-hybridized carbons (Fsp3) is 0.292. The molecule has 3 nitrogen and oxygen atoms in total. The van der Waals surface area contributed by atoms with Crippen molar-refractivity contribution in [2.75, 3.05) is 5.32 Å². The number of benzene rings is 3. The number of rotatable bonds is 2. The summed E-state index contributed by atoms with van der Waals surface area (Å²) in [6, 6.07) is 14.5. The highest BCUT2D eigenvalue weighted by molar-refractivity contribution is 7.80. The second-order valence-electron chi connectivity index (χ2n) is 7.88. The summed E-state index contributed by atoms with van der Waals surface area (Å²) in [5, 5.41) is 16.1. The lowest BCUT2D eigenvalue weighted by molar-refractivity contribution is 0.134. The first-order chi connectivity index (χ1) is 13.3. The Morgan fingerprint density at radius 1 is 1.04 bits per heavy atom. The molecule has 0 bridgehead atoms. The van der Waals surface area contributed by atoms with Crippen molar-refractivity contribution in [3.8, 4) is 11.5 Å². The number of hydrogen-bond donors (Lipinski definition) is 2. The zero-order valence-electron chi connectivity index (χ0n) is 16.7. The number of aromatic hydroxyl groups is 1. The Hall–Kier alpha value is -2.59. The smallest absolute Gasteiger partial charge is 0.156 e. The second-order valence-corrected chi connectivity index (χ2v) is 8.29. The van der Waals surface area contributed by atoms with Crippen molar-refractivity contribution in [2.45, 2.75) is 46.1 Å². The Labute approximate surface area is 171 Å². The van der Waals surface area contributed by atoms with E-state index in [4.69, 9.17) is 17.0 Å². The minimum absolute atomic E-state index is 0.375. The summed E-state index contributed by atoms with van der Waals surface area (Å²) in [6.45, 7) is 7.93. The van der Waals surface area contributed by atoms with E-state index >= 15 is 0 Å². The molecule has 1 heterocycles. The number of ether oxygens (including phenoxy) is 1. The van der Waals surface area contributed by atoms with E-state index in [1.54, 1.807) is 0 Å². The summed E-state index contributed by atoms with van der Waals surface area (Å²) in [4.78, 5) is 0.677. The van der Waals surface area contributed by atoms with Gasteiger partial charge in [-0.25, -0.2) is 0 Å². The van der Waals surface area contributed by atoms with E-state index in [1.807, 2.05) is 45.9 Å². The maximum atomic E-state index is 10.4. The van der Waals surface area contributed by atoms with Gasteiger partial charge in [-0.15, -0.1) is 0 Å². The van der Waals surface area contributed by atoms with E-state index in [0.29, 0.717) is 10.7 Å². The van der Waals surface area contributed by atoms with E-state index in [2.05, 4.69) is 29.6 Å². The number of thiocarbonyl (C=S) groups is 1. The van der Waals surface area contributed by atoms with Crippen LogP contribution in [0.2, 0.25) is 0 Å². The molecule has 1 atom stereocenters. The van der Waals surface area contributed by atoms with Crippen LogP contribution in [0.1, 0.15) is 35.6 Å². The highest BCUT2D eigenvalue weighted by Crippen LogP contribution is 2.43. The average Bonchev–Trinajstić information content (AvgIpc) is 2.70. The lowest BCUT2D eigenvalue weighted by Crippen LogP contribution is -2.47. The molecule has 3 aromatic rings. The summed E-state index contributed by atoms with van der Waals surface area (Å²) in [5.74, 6) is 1.24. The van der Waals surface area contributed by atoms with Gasteiger partial charge in [-0.2, -0.15) is 0 Å². The quantitative estimate of drug-likeness (QED) is 0.526. The minimum Gasteiger partial charge on any atom is -0.507 e. The molecule has 4 rings (SSSR count). The SMILES string of the molecule is Cc1c(C)c2c(c(C)c1O)CCC(C)(C(=S)Nc1ccc3ccccc3c1)O2. The lowest BCUT2D eigenvalue weighted by Gasteiger charge is -2.38. The van der Waals surface area contributed by atoms with Gasteiger partial charge < -0.3 is 15.2 Å². The Morgan fingerprint density at radius 3 is 2.50 bits per heavy atom. The summed E-state index contributed by atoms with van der Waals surface area (Å²) in [5.41, 5.74) is 4.23. The van der Waals surface area contributed by atoms with Gasteiger partial charge in [0.05, 0.1) is 0 Å². The summed E-state index contributed by atoms with van der Waals surface area (Å²) >= 11 is 5.77. The third-order valence-electron chi connectivity index (χ3n) is 6.01. The van der Waals surface area contributed by atoms with Gasteiger partial charge >= 0.3 is 0 Å². The van der Waals surface area contributed by atoms with Crippen LogP contribution in [-0.2, 0) is 6.42 Å². The molecule has 3 aromatic carbocycles. The maximum Gasteiger partial charge on any atom is 0.156 e. The van der Waals surface area contributed by atoms with Crippen LogP contribution in [0.3, 0.4) is 0 Å². The van der Waals surface area contributed by atoms with Crippen LogP contribution in [0.15, 0.2) is 42.5 Å². The molecule has 0 radical (unpaired) electrons. The molecule has 1 aliphatic heterocycles. The minimum atomic E-state index is -0.589. The number of anilines is 1. The monoisotopic (exact) mass is 391 g/mol. The van der Waals surface area contributed by atoms with E-state index in [-0.39, 0.29) is 0 Å². The van der Waals surface area contributed by atoms with Crippen LogP contribution < -0.4 is 10.1 Å². The fourth-order valence-electron chi connectivity index (χ4n) is 3.94. The normalized spacial score (nSPS) is 18.4. The molecular formula is C24H25NO2S. The molecule has 0 fully saturated rings. The second kappa shape index (κ2) is 6.78. The number of nitrogens with one attached hydrogen (secondary N) is 1. The zero-order valence-corrected chi connectivity index (χ0v) is 17.5. The molecule has 1 aliphatic rings. The van der Waals surface area contributed by atoms with E-state index in [0.717, 1.165) is 46.5 Å². The standard InChI is InChI=1S/C24H25NO2S/c1-14-15(2)22-20(16(3)21(14)26)11-12-24(4,27-22)23(28)25-19-10-9-17-7-5-6-8-18(17)13-19/h5-10,13,26H,11-12H2,1-4H3,(H,25,28). The van der Waals surface area contributed by atoms with Gasteiger partial charge in [0.15, 0.2) is 5.60 Å². The topological polar surface area (TPSA) is 41.5 Å². The first kappa shape index (κ1) is 18.8. The van der Waals surface area contributed by atoms with Crippen molar-refractivity contribution in [1.29, 1.82) is 0 Å². The lowest BCUT2D eigenvalue weighted by atomic mass is 9.87. The van der Waals surface area contributed by atoms with Crippen LogP contribution >= 0.6 is 12.2 Å². The van der Waals surface area contributed by atoms with Crippen LogP contribution in [0.4, 0.5) is 5.69 Å². The van der Waals surface area contributed by atoms with Crippen LogP contribution in [-0.4, -0.2) is 15.7 Å². The third kappa shape index (κ3) is 3.02. The van der Waals surface area contributed by atoms with Gasteiger partial charge in [-0.05, 0) is 80.1 Å². The van der Waals surface area contributed by atoms with Crippen molar-refractivity contribution in [3.63, 3.8) is 0 Å². The molecule has 144 valence electrons. The van der Waals surface area contributed by atoms with Crippen molar-refractivity contribution < 1.29 is 9.84 Å². The van der Waals surface area contributed by atoms with Gasteiger partial charge in [-0.3, -0.25) is 0 Å². The van der Waals surface area contributed by atoms with E-state index < -0.39 is 5.60 Å². The van der Waals surface area contributed by atoms with Crippen LogP contribution in [0.25, 0.3) is 10.8 Å². The molecule has 2 N–H and O–H groups in total. The first-order valence-electron chi connectivity index (χ1n) is 9.61. The number of phenolic OH excluding ortho intramolecular Hbond substituents is 1. The van der Waals surface area contributed by atoms with Gasteiger partial charge in [0.2, 0.25) is 0 Å². The van der Waals surface area contributed by atoms with E-state index in [9.17, 15) is 5.11 Å². The molecule has 0 aliphatic carbocycles. The number of fused-ring (bicyclic) bond motifs is 2. The largest absolute Gasteiger partial charge is 0.507 e. The van der Waals surface area contributed by atoms with Gasteiger partial charge in [0, 0.05) is 11.3 Å². The molecule has 0 saturated heterocycles. The maximum absolute atomic E-state index is 10.4. The van der Waals surface area contributed by atoms with Gasteiger partial charge in [-0.1, -0.05) is 42.5 Å². The molecule has 0 spiro atoms. The fourth-order valence-corrected chi connectivity index (χ4v) is 4.20. The predicted molar refractivity (Wildman–Crippen MR) is 120 cm³/mol. The molecule has 28 heavy (non-hydrogen) atoms. The highest BCUT2D eigenvalue weighted by Gasteiger charge is 2.38. The van der Waals surface area contributed by atoms with Crippen molar-refractivity contribution in [3.05, 3.63) is 64.7 Å². The van der Waals surface area contributed by atoms with Crippen molar-refractivity contribution >= 4 is 33.7 Å². The van der Waals surface area contributed by atoms with Crippen LogP contribution in [0, 0.1) is 20.8 Å². The number of phenols is 1. The molecule has 4 heteroatoms. The Morgan fingerprint density at radius 2 is 1.75 bits per heavy atom. The molecular weight excluding hydrogens is 366 g/mol. The molecule has 1 unspecified atom stereocenters. The summed E-state index contributed by atoms with van der Waals surface area (Å²) < 4.78 is 6.47. The Kier molecular flexibility index (Phi) is 4.54. The van der Waals surface area contributed by atoms with E-state index in [1.165, 1.54) is 10.8 Å². The van der Waals surface area contributed by atoms with Gasteiger partial charge in [0.1, 0.15) is 16.5 Å². The zero-order chi connectivity index (χ0) is 20.1. The number of hydrogen-bond acceptors (Lipinski definition) is 3. The third-order valence-corrected chi connectivity index (χ3v) is 6.54. The Bertz CT molecular complexity index is 1110. The van der Waals surface area contributed by atoms with Crippen LogP contribution in [0.5, 0.6) is 11.5 Å². The van der Waals surface area contributed by atoms with Crippen molar-refractivity contribution in [1.82, 2.24) is 0 Å². The summed E-state index contributed by atoms with van der Waals surface area (Å²) in [7, 11) is 0. The molecule has 0 amide bonds. The highest BCUT2D eigenvalue weighted by atomic mass is 32.1. The van der Waals surface area contributed by atoms with Gasteiger partial charge in [0.25, 0.3) is 0 Å². The Balaban J connectivity index is 1.63. The first-order valence-corrected chi connectivity index (χ1v) is 10.0. The van der Waals surface area contributed by atoms with Crippen molar-refractivity contribution in [2.24, 2.45) is 0 Å². The molecule has 0 aromatic heterocycles. The predicted octanol–water partition coefficient (Wildman–Crippen LogP) is 5.99. The summed E-state index contributed by atoms with van der Waals surface area (Å²) in [6.07, 6.45) is 1.59.